The quantitative estimate of drug-likeness (QED) is 0.871. The Balaban J connectivity index is 1.62. The fraction of sp³-hybridized carbons (Fsp3) is 0.529. The van der Waals surface area contributed by atoms with Crippen molar-refractivity contribution in [1.82, 2.24) is 19.7 Å². The van der Waals surface area contributed by atoms with Crippen LogP contribution in [0.4, 0.5) is 4.39 Å². The van der Waals surface area contributed by atoms with E-state index in [0.717, 1.165) is 43.3 Å². The van der Waals surface area contributed by atoms with Gasteiger partial charge in [0.25, 0.3) is 0 Å². The van der Waals surface area contributed by atoms with Crippen molar-refractivity contribution < 1.29 is 4.39 Å². The van der Waals surface area contributed by atoms with Gasteiger partial charge in [0.05, 0.1) is 0 Å². The minimum absolute atomic E-state index is 0.104. The largest absolute Gasteiger partial charge is 0.299 e. The van der Waals surface area contributed by atoms with Crippen molar-refractivity contribution >= 4 is 0 Å². The van der Waals surface area contributed by atoms with Gasteiger partial charge in [0.1, 0.15) is 17.5 Å². The highest BCUT2D eigenvalue weighted by molar-refractivity contribution is 5.17. The second-order valence-corrected chi connectivity index (χ2v) is 6.22. The molecule has 0 bridgehead atoms. The van der Waals surface area contributed by atoms with Crippen LogP contribution in [0.15, 0.2) is 24.3 Å². The molecule has 3 rings (SSSR count). The van der Waals surface area contributed by atoms with Crippen LogP contribution in [0.5, 0.6) is 0 Å². The van der Waals surface area contributed by atoms with Gasteiger partial charge in [-0.15, -0.1) is 0 Å². The van der Waals surface area contributed by atoms with Crippen LogP contribution in [0, 0.1) is 25.6 Å². The zero-order chi connectivity index (χ0) is 15.5. The molecule has 0 radical (unpaired) electrons. The Labute approximate surface area is 131 Å². The second kappa shape index (κ2) is 6.57. The first kappa shape index (κ1) is 15.2. The third-order valence-corrected chi connectivity index (χ3v) is 4.35. The van der Waals surface area contributed by atoms with Gasteiger partial charge in [-0.05, 0) is 45.2 Å². The van der Waals surface area contributed by atoms with E-state index in [-0.39, 0.29) is 5.82 Å². The van der Waals surface area contributed by atoms with Gasteiger partial charge in [-0.1, -0.05) is 18.2 Å². The number of hydrogen-bond donors (Lipinski definition) is 0. The van der Waals surface area contributed by atoms with Crippen LogP contribution in [0.2, 0.25) is 0 Å². The summed E-state index contributed by atoms with van der Waals surface area (Å²) >= 11 is 0. The molecule has 0 N–H and O–H groups in total. The van der Waals surface area contributed by atoms with Crippen molar-refractivity contribution in [2.45, 2.75) is 39.8 Å². The first-order valence-electron chi connectivity index (χ1n) is 7.95. The lowest BCUT2D eigenvalue weighted by Gasteiger charge is -2.32. The van der Waals surface area contributed by atoms with Crippen molar-refractivity contribution in [3.8, 4) is 0 Å². The average molecular weight is 302 g/mol. The number of piperidine rings is 1. The fourth-order valence-electron chi connectivity index (χ4n) is 3.29. The summed E-state index contributed by atoms with van der Waals surface area (Å²) < 4.78 is 15.8. The predicted octanol–water partition coefficient (Wildman–Crippen LogP) is 2.95. The minimum Gasteiger partial charge on any atom is -0.299 e. The molecule has 0 saturated carbocycles. The molecule has 22 heavy (non-hydrogen) atoms. The summed E-state index contributed by atoms with van der Waals surface area (Å²) in [6.45, 7) is 7.56. The normalized spacial score (nSPS) is 19.5. The molecule has 0 unspecified atom stereocenters. The van der Waals surface area contributed by atoms with E-state index in [4.69, 9.17) is 0 Å². The summed E-state index contributed by atoms with van der Waals surface area (Å²) in [6, 6.07) is 7.07. The maximum atomic E-state index is 13.8. The van der Waals surface area contributed by atoms with Crippen LogP contribution in [-0.4, -0.2) is 32.8 Å². The summed E-state index contributed by atoms with van der Waals surface area (Å²) in [5, 5.41) is 4.45. The van der Waals surface area contributed by atoms with Crippen molar-refractivity contribution in [1.29, 1.82) is 0 Å². The molecule has 1 aromatic carbocycles. The van der Waals surface area contributed by atoms with Crippen molar-refractivity contribution in [2.75, 3.05) is 13.1 Å². The Bertz CT molecular complexity index is 637. The smallest absolute Gasteiger partial charge is 0.147 e. The summed E-state index contributed by atoms with van der Waals surface area (Å²) in [5.41, 5.74) is 0.788. The molecule has 118 valence electrons. The maximum absolute atomic E-state index is 13.8. The lowest BCUT2D eigenvalue weighted by atomic mass is 9.97. The van der Waals surface area contributed by atoms with Crippen molar-refractivity contribution in [2.24, 2.45) is 5.92 Å². The zero-order valence-electron chi connectivity index (χ0n) is 13.3. The van der Waals surface area contributed by atoms with E-state index >= 15 is 0 Å². The van der Waals surface area contributed by atoms with E-state index < -0.39 is 0 Å². The first-order chi connectivity index (χ1) is 10.6. The Morgan fingerprint density at radius 1 is 1.27 bits per heavy atom. The number of halogens is 1. The van der Waals surface area contributed by atoms with Crippen LogP contribution in [0.25, 0.3) is 0 Å². The second-order valence-electron chi connectivity index (χ2n) is 6.22. The predicted molar refractivity (Wildman–Crippen MR) is 83.9 cm³/mol. The van der Waals surface area contributed by atoms with Gasteiger partial charge in [-0.25, -0.2) is 14.1 Å². The highest BCUT2D eigenvalue weighted by atomic mass is 19.1. The molecule has 2 aromatic rings. The molecule has 1 aliphatic heterocycles. The molecule has 1 saturated heterocycles. The maximum Gasteiger partial charge on any atom is 0.147 e. The molecule has 0 aliphatic carbocycles. The van der Waals surface area contributed by atoms with Crippen LogP contribution in [0.3, 0.4) is 0 Å². The molecular formula is C17H23FN4. The molecule has 1 aromatic heterocycles. The van der Waals surface area contributed by atoms with E-state index in [1.807, 2.05) is 30.7 Å². The van der Waals surface area contributed by atoms with E-state index in [1.165, 1.54) is 12.5 Å². The fourth-order valence-corrected chi connectivity index (χ4v) is 3.29. The third-order valence-electron chi connectivity index (χ3n) is 4.35. The number of hydrogen-bond acceptors (Lipinski definition) is 3. The molecule has 1 fully saturated rings. The summed E-state index contributed by atoms with van der Waals surface area (Å²) in [5.74, 6) is 2.26. The van der Waals surface area contributed by atoms with Gasteiger partial charge < -0.3 is 0 Å². The topological polar surface area (TPSA) is 34.0 Å². The highest BCUT2D eigenvalue weighted by Crippen LogP contribution is 2.21. The van der Waals surface area contributed by atoms with E-state index in [0.29, 0.717) is 12.5 Å². The van der Waals surface area contributed by atoms with Crippen LogP contribution in [-0.2, 0) is 13.1 Å². The SMILES string of the molecule is Cc1nc(C)n(C[C@H]2CCCN(Cc3ccccc3F)C2)n1. The third kappa shape index (κ3) is 3.53. The van der Waals surface area contributed by atoms with Crippen molar-refractivity contribution in [3.63, 3.8) is 0 Å². The molecule has 0 amide bonds. The van der Waals surface area contributed by atoms with Gasteiger partial charge in [0.2, 0.25) is 0 Å². The lowest BCUT2D eigenvalue weighted by molar-refractivity contribution is 0.151. The number of aryl methyl sites for hydroxylation is 2. The average Bonchev–Trinajstić information content (AvgIpc) is 2.80. The lowest BCUT2D eigenvalue weighted by Crippen LogP contribution is -2.37. The molecule has 5 heteroatoms. The van der Waals surface area contributed by atoms with Gasteiger partial charge in [0.15, 0.2) is 0 Å². The molecule has 1 atom stereocenters. The minimum atomic E-state index is -0.104. The summed E-state index contributed by atoms with van der Waals surface area (Å²) in [4.78, 5) is 6.72. The number of rotatable bonds is 4. The Morgan fingerprint density at radius 2 is 2.09 bits per heavy atom. The molecule has 4 nitrogen and oxygen atoms in total. The summed E-state index contributed by atoms with van der Waals surface area (Å²) in [6.07, 6.45) is 2.36. The first-order valence-corrected chi connectivity index (χ1v) is 7.95. The zero-order valence-corrected chi connectivity index (χ0v) is 13.3. The van der Waals surface area contributed by atoms with Gasteiger partial charge >= 0.3 is 0 Å². The van der Waals surface area contributed by atoms with Gasteiger partial charge in [-0.2, -0.15) is 5.10 Å². The summed E-state index contributed by atoms with van der Waals surface area (Å²) in [7, 11) is 0. The monoisotopic (exact) mass is 302 g/mol. The Kier molecular flexibility index (Phi) is 4.52. The molecular weight excluding hydrogens is 279 g/mol. The van der Waals surface area contributed by atoms with Crippen LogP contribution in [0.1, 0.15) is 30.1 Å². The van der Waals surface area contributed by atoms with Crippen molar-refractivity contribution in [3.05, 3.63) is 47.3 Å². The number of aromatic nitrogens is 3. The van der Waals surface area contributed by atoms with Gasteiger partial charge in [0, 0.05) is 25.2 Å². The number of likely N-dealkylation sites (tertiary alicyclic amines) is 1. The van der Waals surface area contributed by atoms with E-state index in [9.17, 15) is 4.39 Å². The molecule has 1 aliphatic rings. The van der Waals surface area contributed by atoms with E-state index in [2.05, 4.69) is 15.0 Å². The van der Waals surface area contributed by atoms with E-state index in [1.54, 1.807) is 6.07 Å². The van der Waals surface area contributed by atoms with Gasteiger partial charge in [-0.3, -0.25) is 4.90 Å². The standard InChI is InChI=1S/C17H23FN4/c1-13-19-14(2)22(20-13)11-15-6-5-9-21(10-15)12-16-7-3-4-8-17(16)18/h3-4,7-8,15H,5-6,9-12H2,1-2H3/t15-/m0/s1. The number of benzene rings is 1. The molecule has 0 spiro atoms. The Hall–Kier alpha value is -1.75. The van der Waals surface area contributed by atoms with Crippen LogP contribution < -0.4 is 0 Å². The number of nitrogens with zero attached hydrogens (tertiary/aromatic N) is 4. The molecule has 2 heterocycles. The van der Waals surface area contributed by atoms with Crippen LogP contribution >= 0.6 is 0 Å². The highest BCUT2D eigenvalue weighted by Gasteiger charge is 2.22. The Morgan fingerprint density at radius 3 is 2.82 bits per heavy atom.